The fourth-order valence-electron chi connectivity index (χ4n) is 1.70. The molecule has 1 aliphatic rings. The SMILES string of the molecule is CC(CCCO)N1CCC(N)C1=O. The lowest BCUT2D eigenvalue weighted by Crippen LogP contribution is -2.39. The van der Waals surface area contributed by atoms with Crippen molar-refractivity contribution in [3.63, 3.8) is 0 Å². The van der Waals surface area contributed by atoms with Crippen molar-refractivity contribution in [1.29, 1.82) is 0 Å². The van der Waals surface area contributed by atoms with Gasteiger partial charge in [-0.25, -0.2) is 0 Å². The summed E-state index contributed by atoms with van der Waals surface area (Å²) in [7, 11) is 0. The Morgan fingerprint density at radius 2 is 2.46 bits per heavy atom. The first-order valence-corrected chi connectivity index (χ1v) is 4.83. The monoisotopic (exact) mass is 186 g/mol. The summed E-state index contributed by atoms with van der Waals surface area (Å²) in [5.74, 6) is 0.0606. The molecule has 0 bridgehead atoms. The van der Waals surface area contributed by atoms with Crippen LogP contribution in [-0.4, -0.2) is 41.1 Å². The number of amides is 1. The van der Waals surface area contributed by atoms with Crippen molar-refractivity contribution < 1.29 is 9.90 Å². The van der Waals surface area contributed by atoms with Crippen LogP contribution in [0.2, 0.25) is 0 Å². The van der Waals surface area contributed by atoms with Gasteiger partial charge < -0.3 is 15.7 Å². The predicted molar refractivity (Wildman–Crippen MR) is 50.1 cm³/mol. The average Bonchev–Trinajstić information content (AvgIpc) is 2.44. The van der Waals surface area contributed by atoms with E-state index < -0.39 is 0 Å². The third-order valence-electron chi connectivity index (χ3n) is 2.59. The van der Waals surface area contributed by atoms with Crippen LogP contribution in [0.25, 0.3) is 0 Å². The van der Waals surface area contributed by atoms with E-state index in [4.69, 9.17) is 10.8 Å². The minimum Gasteiger partial charge on any atom is -0.396 e. The molecular formula is C9H18N2O2. The second-order valence-electron chi connectivity index (χ2n) is 3.64. The molecule has 4 nitrogen and oxygen atoms in total. The van der Waals surface area contributed by atoms with Gasteiger partial charge in [-0.1, -0.05) is 0 Å². The van der Waals surface area contributed by atoms with E-state index in [9.17, 15) is 4.79 Å². The van der Waals surface area contributed by atoms with Gasteiger partial charge >= 0.3 is 0 Å². The molecule has 0 aromatic carbocycles. The van der Waals surface area contributed by atoms with Crippen molar-refractivity contribution in [2.75, 3.05) is 13.2 Å². The summed E-state index contributed by atoms with van der Waals surface area (Å²) in [6, 6.07) is -0.0789. The lowest BCUT2D eigenvalue weighted by molar-refractivity contribution is -0.130. The quantitative estimate of drug-likeness (QED) is 0.634. The predicted octanol–water partition coefficient (Wildman–Crippen LogP) is -0.293. The molecule has 0 spiro atoms. The number of aliphatic hydroxyl groups excluding tert-OH is 1. The van der Waals surface area contributed by atoms with Crippen molar-refractivity contribution >= 4 is 5.91 Å². The molecule has 0 aromatic heterocycles. The first-order chi connectivity index (χ1) is 6.16. The summed E-state index contributed by atoms with van der Waals surface area (Å²) in [6.07, 6.45) is 2.37. The molecule has 1 aliphatic heterocycles. The van der Waals surface area contributed by atoms with Crippen LogP contribution in [0.3, 0.4) is 0 Å². The number of carbonyl (C=O) groups is 1. The maximum Gasteiger partial charge on any atom is 0.239 e. The highest BCUT2D eigenvalue weighted by atomic mass is 16.3. The van der Waals surface area contributed by atoms with Crippen LogP contribution < -0.4 is 5.73 Å². The maximum atomic E-state index is 11.4. The van der Waals surface area contributed by atoms with E-state index in [0.717, 1.165) is 25.8 Å². The Kier molecular flexibility index (Phi) is 3.69. The largest absolute Gasteiger partial charge is 0.396 e. The second-order valence-corrected chi connectivity index (χ2v) is 3.64. The van der Waals surface area contributed by atoms with Gasteiger partial charge in [0.2, 0.25) is 5.91 Å². The molecule has 76 valence electrons. The Morgan fingerprint density at radius 3 is 2.92 bits per heavy atom. The number of hydrogen-bond acceptors (Lipinski definition) is 3. The minimum absolute atomic E-state index is 0.0606. The third-order valence-corrected chi connectivity index (χ3v) is 2.59. The van der Waals surface area contributed by atoms with Crippen molar-refractivity contribution in [1.82, 2.24) is 4.90 Å². The molecule has 1 heterocycles. The zero-order valence-corrected chi connectivity index (χ0v) is 8.07. The number of carbonyl (C=O) groups excluding carboxylic acids is 1. The molecule has 1 rings (SSSR count). The van der Waals surface area contributed by atoms with Gasteiger partial charge in [-0.05, 0) is 26.2 Å². The Balaban J connectivity index is 2.39. The van der Waals surface area contributed by atoms with Crippen molar-refractivity contribution in [3.05, 3.63) is 0 Å². The average molecular weight is 186 g/mol. The normalized spacial score (nSPS) is 25.3. The van der Waals surface area contributed by atoms with E-state index in [1.54, 1.807) is 0 Å². The molecule has 0 aromatic rings. The first-order valence-electron chi connectivity index (χ1n) is 4.83. The lowest BCUT2D eigenvalue weighted by Gasteiger charge is -2.24. The van der Waals surface area contributed by atoms with Gasteiger partial charge in [0.25, 0.3) is 0 Å². The zero-order valence-electron chi connectivity index (χ0n) is 8.07. The van der Waals surface area contributed by atoms with E-state index in [1.807, 2.05) is 11.8 Å². The fourth-order valence-corrected chi connectivity index (χ4v) is 1.70. The topological polar surface area (TPSA) is 66.6 Å². The standard InChI is InChI=1S/C9H18N2O2/c1-7(3-2-6-12)11-5-4-8(10)9(11)13/h7-8,12H,2-6,10H2,1H3. The Hall–Kier alpha value is -0.610. The van der Waals surface area contributed by atoms with Gasteiger partial charge in [0, 0.05) is 19.2 Å². The van der Waals surface area contributed by atoms with E-state index in [-0.39, 0.29) is 24.6 Å². The van der Waals surface area contributed by atoms with Crippen LogP contribution in [0.15, 0.2) is 0 Å². The molecule has 4 heteroatoms. The molecule has 2 unspecified atom stereocenters. The molecule has 2 atom stereocenters. The fraction of sp³-hybridized carbons (Fsp3) is 0.889. The summed E-state index contributed by atoms with van der Waals surface area (Å²) in [5, 5.41) is 8.65. The minimum atomic E-state index is -0.295. The smallest absolute Gasteiger partial charge is 0.239 e. The van der Waals surface area contributed by atoms with E-state index >= 15 is 0 Å². The van der Waals surface area contributed by atoms with Crippen LogP contribution in [-0.2, 0) is 4.79 Å². The molecule has 1 amide bonds. The van der Waals surface area contributed by atoms with Crippen LogP contribution in [0, 0.1) is 0 Å². The zero-order chi connectivity index (χ0) is 9.84. The summed E-state index contributed by atoms with van der Waals surface area (Å²) < 4.78 is 0. The highest BCUT2D eigenvalue weighted by Crippen LogP contribution is 2.15. The Morgan fingerprint density at radius 1 is 1.77 bits per heavy atom. The highest BCUT2D eigenvalue weighted by molar-refractivity contribution is 5.83. The van der Waals surface area contributed by atoms with Crippen LogP contribution in [0.5, 0.6) is 0 Å². The summed E-state index contributed by atoms with van der Waals surface area (Å²) in [6.45, 7) is 2.97. The van der Waals surface area contributed by atoms with E-state index in [0.29, 0.717) is 0 Å². The molecule has 3 N–H and O–H groups in total. The van der Waals surface area contributed by atoms with Gasteiger partial charge in [0.15, 0.2) is 0 Å². The van der Waals surface area contributed by atoms with Crippen LogP contribution in [0.1, 0.15) is 26.2 Å². The summed E-state index contributed by atoms with van der Waals surface area (Å²) >= 11 is 0. The highest BCUT2D eigenvalue weighted by Gasteiger charge is 2.31. The summed E-state index contributed by atoms with van der Waals surface area (Å²) in [4.78, 5) is 13.3. The summed E-state index contributed by atoms with van der Waals surface area (Å²) in [5.41, 5.74) is 5.59. The van der Waals surface area contributed by atoms with Crippen molar-refractivity contribution in [3.8, 4) is 0 Å². The second kappa shape index (κ2) is 4.58. The van der Waals surface area contributed by atoms with Gasteiger partial charge in [0.1, 0.15) is 0 Å². The first kappa shape index (κ1) is 10.5. The number of nitrogens with two attached hydrogens (primary N) is 1. The molecule has 0 radical (unpaired) electrons. The molecule has 1 saturated heterocycles. The molecule has 13 heavy (non-hydrogen) atoms. The number of rotatable bonds is 4. The Bertz CT molecular complexity index is 184. The Labute approximate surface area is 78.7 Å². The number of likely N-dealkylation sites (tertiary alicyclic amines) is 1. The van der Waals surface area contributed by atoms with Gasteiger partial charge in [0.05, 0.1) is 6.04 Å². The van der Waals surface area contributed by atoms with Crippen molar-refractivity contribution in [2.45, 2.75) is 38.3 Å². The molecule has 0 saturated carbocycles. The van der Waals surface area contributed by atoms with Crippen LogP contribution in [0.4, 0.5) is 0 Å². The number of nitrogens with zero attached hydrogens (tertiary/aromatic N) is 1. The van der Waals surface area contributed by atoms with E-state index in [2.05, 4.69) is 0 Å². The van der Waals surface area contributed by atoms with Gasteiger partial charge in [-0.2, -0.15) is 0 Å². The lowest BCUT2D eigenvalue weighted by atomic mass is 10.1. The van der Waals surface area contributed by atoms with Crippen LogP contribution >= 0.6 is 0 Å². The third kappa shape index (κ3) is 2.42. The molecule has 1 fully saturated rings. The van der Waals surface area contributed by atoms with Gasteiger partial charge in [-0.15, -0.1) is 0 Å². The van der Waals surface area contributed by atoms with Crippen molar-refractivity contribution in [2.24, 2.45) is 5.73 Å². The maximum absolute atomic E-state index is 11.4. The van der Waals surface area contributed by atoms with Gasteiger partial charge in [-0.3, -0.25) is 4.79 Å². The van der Waals surface area contributed by atoms with E-state index in [1.165, 1.54) is 0 Å². The number of hydrogen-bond donors (Lipinski definition) is 2. The molecule has 0 aliphatic carbocycles. The molecular weight excluding hydrogens is 168 g/mol. The number of aliphatic hydroxyl groups is 1.